The third kappa shape index (κ3) is 7.69. The molecule has 0 radical (unpaired) electrons. The second-order valence-electron chi connectivity index (χ2n) is 4.66. The monoisotopic (exact) mass is 277 g/mol. The van der Waals surface area contributed by atoms with Gasteiger partial charge in [0.05, 0.1) is 5.25 Å². The van der Waals surface area contributed by atoms with Gasteiger partial charge in [-0.3, -0.25) is 4.28 Å². The van der Waals surface area contributed by atoms with Crippen molar-refractivity contribution in [3.63, 3.8) is 0 Å². The van der Waals surface area contributed by atoms with E-state index >= 15 is 0 Å². The van der Waals surface area contributed by atoms with Crippen molar-refractivity contribution in [3.05, 3.63) is 0 Å². The highest BCUT2D eigenvalue weighted by Gasteiger charge is 2.25. The van der Waals surface area contributed by atoms with Crippen molar-refractivity contribution in [2.45, 2.75) is 76.9 Å². The zero-order valence-electron chi connectivity index (χ0n) is 11.7. The molecule has 0 fully saturated rings. The Labute approximate surface area is 112 Å². The number of hydrogen-bond donors (Lipinski definition) is 0. The third-order valence-corrected chi connectivity index (χ3v) is 4.66. The van der Waals surface area contributed by atoms with Crippen LogP contribution >= 0.6 is 0 Å². The summed E-state index contributed by atoms with van der Waals surface area (Å²) in [5.41, 5.74) is 0. The predicted octanol–water partition coefficient (Wildman–Crippen LogP) is 3.87. The first-order valence-electron chi connectivity index (χ1n) is 6.97. The Kier molecular flexibility index (Phi) is 10.0. The maximum atomic E-state index is 11.7. The normalized spacial score (nSPS) is 13.2. The third-order valence-electron chi connectivity index (χ3n) is 3.06. The second-order valence-corrected chi connectivity index (χ2v) is 6.46. The quantitative estimate of drug-likeness (QED) is 0.309. The number of oxime groups is 1. The van der Waals surface area contributed by atoms with Crippen LogP contribution < -0.4 is 0 Å². The molecule has 1 unspecified atom stereocenters. The van der Waals surface area contributed by atoms with E-state index < -0.39 is 15.4 Å². The molecule has 0 aliphatic rings. The van der Waals surface area contributed by atoms with E-state index in [1.54, 1.807) is 0 Å². The zero-order chi connectivity index (χ0) is 13.9. The summed E-state index contributed by atoms with van der Waals surface area (Å²) in [7, 11) is -3.56. The Hall–Kier alpha value is -0.580. The molecular formula is C13H27NO3S. The van der Waals surface area contributed by atoms with Gasteiger partial charge in [0.15, 0.2) is 0 Å². The summed E-state index contributed by atoms with van der Waals surface area (Å²) >= 11 is 0. The molecule has 1 atom stereocenters. The van der Waals surface area contributed by atoms with E-state index in [1.807, 2.05) is 6.92 Å². The Morgan fingerprint density at radius 3 is 2.17 bits per heavy atom. The Bertz CT molecular complexity index is 301. The van der Waals surface area contributed by atoms with Gasteiger partial charge < -0.3 is 0 Å². The first kappa shape index (κ1) is 17.4. The van der Waals surface area contributed by atoms with E-state index in [9.17, 15) is 8.42 Å². The summed E-state index contributed by atoms with van der Waals surface area (Å²) in [6, 6.07) is 0. The van der Waals surface area contributed by atoms with Gasteiger partial charge in [0.2, 0.25) is 0 Å². The summed E-state index contributed by atoms with van der Waals surface area (Å²) in [6.07, 6.45) is 9.09. The SMILES string of the molecule is C=NOS(=O)(=O)C(CCC)CCCCCCCC. The summed E-state index contributed by atoms with van der Waals surface area (Å²) in [4.78, 5) is 0. The van der Waals surface area contributed by atoms with Crippen molar-refractivity contribution in [3.8, 4) is 0 Å². The minimum Gasteiger partial charge on any atom is -0.269 e. The fourth-order valence-electron chi connectivity index (χ4n) is 2.04. The van der Waals surface area contributed by atoms with Crippen LogP contribution in [0.15, 0.2) is 5.16 Å². The van der Waals surface area contributed by atoms with Gasteiger partial charge in [-0.05, 0) is 12.8 Å². The largest absolute Gasteiger partial charge is 0.331 e. The van der Waals surface area contributed by atoms with E-state index in [1.165, 1.54) is 25.7 Å². The zero-order valence-corrected chi connectivity index (χ0v) is 12.5. The van der Waals surface area contributed by atoms with Gasteiger partial charge in [-0.1, -0.05) is 63.9 Å². The number of rotatable bonds is 12. The average molecular weight is 277 g/mol. The molecular weight excluding hydrogens is 250 g/mol. The summed E-state index contributed by atoms with van der Waals surface area (Å²) in [5, 5.41) is 2.61. The standard InChI is InChI=1S/C13H27NO3S/c1-4-6-7-8-9-10-12-13(11-5-2)18(15,16)17-14-3/h13H,3-12H2,1-2H3. The van der Waals surface area contributed by atoms with E-state index in [0.29, 0.717) is 12.8 Å². The topological polar surface area (TPSA) is 55.7 Å². The summed E-state index contributed by atoms with van der Waals surface area (Å²) in [6.45, 7) is 7.23. The smallest absolute Gasteiger partial charge is 0.269 e. The molecule has 0 aliphatic heterocycles. The molecule has 0 heterocycles. The van der Waals surface area contributed by atoms with Gasteiger partial charge in [-0.15, -0.1) is 0 Å². The van der Waals surface area contributed by atoms with Crippen molar-refractivity contribution in [2.75, 3.05) is 0 Å². The lowest BCUT2D eigenvalue weighted by Crippen LogP contribution is -2.22. The van der Waals surface area contributed by atoms with Crippen LogP contribution in [0.3, 0.4) is 0 Å². The molecule has 0 N–H and O–H groups in total. The van der Waals surface area contributed by atoms with Gasteiger partial charge >= 0.3 is 10.1 Å². The minimum absolute atomic E-state index is 0.431. The molecule has 18 heavy (non-hydrogen) atoms. The van der Waals surface area contributed by atoms with Crippen LogP contribution in [-0.2, 0) is 14.4 Å². The summed E-state index contributed by atoms with van der Waals surface area (Å²) < 4.78 is 27.9. The lowest BCUT2D eigenvalue weighted by molar-refractivity contribution is 0.329. The van der Waals surface area contributed by atoms with Crippen LogP contribution in [0.1, 0.15) is 71.6 Å². The minimum atomic E-state index is -3.56. The van der Waals surface area contributed by atoms with Crippen molar-refractivity contribution in [2.24, 2.45) is 5.16 Å². The molecule has 0 aliphatic carbocycles. The molecule has 0 spiro atoms. The molecule has 0 aromatic carbocycles. The van der Waals surface area contributed by atoms with E-state index in [0.717, 1.165) is 19.3 Å². The van der Waals surface area contributed by atoms with Gasteiger partial charge in [-0.25, -0.2) is 0 Å². The fourth-order valence-corrected chi connectivity index (χ4v) is 3.29. The van der Waals surface area contributed by atoms with Crippen LogP contribution in [0.4, 0.5) is 0 Å². The molecule has 0 aromatic heterocycles. The molecule has 0 aromatic rings. The number of nitrogens with zero attached hydrogens (tertiary/aromatic N) is 1. The molecule has 108 valence electrons. The van der Waals surface area contributed by atoms with Gasteiger partial charge in [0.1, 0.15) is 0 Å². The average Bonchev–Trinajstić information content (AvgIpc) is 2.32. The Morgan fingerprint density at radius 1 is 1.00 bits per heavy atom. The summed E-state index contributed by atoms with van der Waals surface area (Å²) in [5.74, 6) is 0. The maximum absolute atomic E-state index is 11.7. The van der Waals surface area contributed by atoms with Crippen LogP contribution in [0, 0.1) is 0 Å². The lowest BCUT2D eigenvalue weighted by Gasteiger charge is -2.14. The molecule has 4 nitrogen and oxygen atoms in total. The van der Waals surface area contributed by atoms with Crippen molar-refractivity contribution in [1.82, 2.24) is 0 Å². The number of unbranched alkanes of at least 4 members (excludes halogenated alkanes) is 5. The van der Waals surface area contributed by atoms with E-state index in [2.05, 4.69) is 23.1 Å². The van der Waals surface area contributed by atoms with Crippen molar-refractivity contribution >= 4 is 16.8 Å². The van der Waals surface area contributed by atoms with Gasteiger partial charge in [0.25, 0.3) is 0 Å². The van der Waals surface area contributed by atoms with Crippen LogP contribution in [0.5, 0.6) is 0 Å². The highest BCUT2D eigenvalue weighted by atomic mass is 32.2. The molecule has 5 heteroatoms. The molecule has 0 amide bonds. The van der Waals surface area contributed by atoms with Gasteiger partial charge in [-0.2, -0.15) is 8.42 Å². The van der Waals surface area contributed by atoms with Crippen molar-refractivity contribution in [1.29, 1.82) is 0 Å². The first-order chi connectivity index (χ1) is 8.58. The van der Waals surface area contributed by atoms with Crippen LogP contribution in [0.2, 0.25) is 0 Å². The Morgan fingerprint density at radius 2 is 1.61 bits per heavy atom. The highest BCUT2D eigenvalue weighted by molar-refractivity contribution is 7.87. The molecule has 0 saturated heterocycles. The lowest BCUT2D eigenvalue weighted by atomic mass is 10.1. The highest BCUT2D eigenvalue weighted by Crippen LogP contribution is 2.19. The van der Waals surface area contributed by atoms with Crippen LogP contribution in [0.25, 0.3) is 0 Å². The molecule has 0 rings (SSSR count). The van der Waals surface area contributed by atoms with E-state index in [-0.39, 0.29) is 0 Å². The second kappa shape index (κ2) is 10.4. The first-order valence-corrected chi connectivity index (χ1v) is 8.44. The molecule has 0 bridgehead atoms. The molecule has 0 saturated carbocycles. The number of hydrogen-bond acceptors (Lipinski definition) is 4. The Balaban J connectivity index is 4.01. The van der Waals surface area contributed by atoms with Gasteiger partial charge in [0, 0.05) is 6.72 Å². The van der Waals surface area contributed by atoms with Crippen molar-refractivity contribution < 1.29 is 12.7 Å². The van der Waals surface area contributed by atoms with Crippen LogP contribution in [-0.4, -0.2) is 20.4 Å². The fraction of sp³-hybridized carbons (Fsp3) is 0.923. The predicted molar refractivity (Wildman–Crippen MR) is 76.2 cm³/mol. The van der Waals surface area contributed by atoms with E-state index in [4.69, 9.17) is 0 Å². The maximum Gasteiger partial charge on any atom is 0.331 e.